The minimum Gasteiger partial charge on any atom is -0.469 e. The van der Waals surface area contributed by atoms with Crippen LogP contribution < -0.4 is 0 Å². The molecule has 7 nitrogen and oxygen atoms in total. The fourth-order valence-electron chi connectivity index (χ4n) is 3.68. The maximum Gasteiger partial charge on any atom is 0.305 e. The molecule has 4 unspecified atom stereocenters. The number of rotatable bonds is 9. The van der Waals surface area contributed by atoms with E-state index < -0.39 is 5.79 Å². The van der Waals surface area contributed by atoms with Crippen LogP contribution in [0.25, 0.3) is 0 Å². The fraction of sp³-hybridized carbons (Fsp3) is 0.750. The average Bonchev–Trinajstić information content (AvgIpc) is 3.07. The molecule has 1 aliphatic carbocycles. The van der Waals surface area contributed by atoms with Crippen LogP contribution in [-0.4, -0.2) is 49.9 Å². The Hall–Kier alpha value is -1.73. The zero-order valence-electron chi connectivity index (χ0n) is 16.2. The predicted octanol–water partition coefficient (Wildman–Crippen LogP) is 2.71. The lowest BCUT2D eigenvalue weighted by Gasteiger charge is -2.38. The molecular formula is C20H30O7. The van der Waals surface area contributed by atoms with Gasteiger partial charge in [0.2, 0.25) is 5.79 Å². The number of esters is 2. The Kier molecular flexibility index (Phi) is 8.44. The summed E-state index contributed by atoms with van der Waals surface area (Å²) in [6.45, 7) is 1.67. The van der Waals surface area contributed by atoms with E-state index in [0.29, 0.717) is 25.7 Å². The number of carbonyl (C=O) groups is 3. The van der Waals surface area contributed by atoms with Gasteiger partial charge in [-0.25, -0.2) is 0 Å². The normalized spacial score (nSPS) is 31.0. The Morgan fingerprint density at radius 1 is 1.26 bits per heavy atom. The minimum absolute atomic E-state index is 0.108. The third-order valence-corrected chi connectivity index (χ3v) is 5.03. The Morgan fingerprint density at radius 2 is 2.07 bits per heavy atom. The van der Waals surface area contributed by atoms with E-state index in [1.807, 2.05) is 0 Å². The van der Waals surface area contributed by atoms with Crippen molar-refractivity contribution >= 4 is 18.2 Å². The fourth-order valence-corrected chi connectivity index (χ4v) is 3.68. The van der Waals surface area contributed by atoms with Gasteiger partial charge in [-0.3, -0.25) is 14.4 Å². The van der Waals surface area contributed by atoms with Gasteiger partial charge in [-0.15, -0.1) is 0 Å². The molecule has 1 saturated heterocycles. The number of methoxy groups -OCH3 is 1. The topological polar surface area (TPSA) is 88.1 Å². The van der Waals surface area contributed by atoms with E-state index in [2.05, 4.69) is 16.9 Å². The van der Waals surface area contributed by atoms with Crippen LogP contribution in [-0.2, 0) is 33.3 Å². The Bertz CT molecular complexity index is 544. The van der Waals surface area contributed by atoms with Crippen LogP contribution in [0.15, 0.2) is 12.2 Å². The largest absolute Gasteiger partial charge is 0.469 e. The molecule has 2 aliphatic rings. The van der Waals surface area contributed by atoms with E-state index in [1.165, 1.54) is 14.0 Å². The van der Waals surface area contributed by atoms with Crippen LogP contribution in [0, 0.1) is 5.92 Å². The van der Waals surface area contributed by atoms with Crippen LogP contribution in [0.5, 0.6) is 0 Å². The molecule has 0 radical (unpaired) electrons. The quantitative estimate of drug-likeness (QED) is 0.262. The summed E-state index contributed by atoms with van der Waals surface area (Å²) in [6.07, 6.45) is 9.98. The summed E-state index contributed by atoms with van der Waals surface area (Å²) >= 11 is 0. The first kappa shape index (κ1) is 21.6. The van der Waals surface area contributed by atoms with Crippen LogP contribution in [0.4, 0.5) is 0 Å². The molecule has 0 amide bonds. The summed E-state index contributed by atoms with van der Waals surface area (Å²) in [5.74, 6) is -1.70. The van der Waals surface area contributed by atoms with Gasteiger partial charge in [0.05, 0.1) is 19.8 Å². The van der Waals surface area contributed by atoms with Gasteiger partial charge in [0.25, 0.3) is 0 Å². The number of allylic oxidation sites excluding steroid dienone is 1. The molecule has 0 aromatic rings. The number of unbranched alkanes of at least 4 members (excludes halogenated alkanes) is 1. The molecule has 27 heavy (non-hydrogen) atoms. The predicted molar refractivity (Wildman–Crippen MR) is 96.8 cm³/mol. The van der Waals surface area contributed by atoms with Gasteiger partial charge in [0.1, 0.15) is 6.10 Å². The lowest BCUT2D eigenvalue weighted by atomic mass is 10.0. The minimum atomic E-state index is -1.34. The van der Waals surface area contributed by atoms with Gasteiger partial charge in [0, 0.05) is 32.1 Å². The second kappa shape index (κ2) is 10.6. The molecule has 1 saturated carbocycles. The van der Waals surface area contributed by atoms with E-state index >= 15 is 0 Å². The van der Waals surface area contributed by atoms with Gasteiger partial charge in [-0.2, -0.15) is 0 Å². The SMILES string of the molecule is COC(=O)CCC/C=C/C1CCCC1OC1(C=O)CC(OC(C)=O)CCO1. The number of hydrogen-bond acceptors (Lipinski definition) is 7. The molecule has 1 aliphatic heterocycles. The summed E-state index contributed by atoms with van der Waals surface area (Å²) < 4.78 is 21.7. The molecule has 0 aromatic heterocycles. The van der Waals surface area contributed by atoms with Crippen molar-refractivity contribution in [1.82, 2.24) is 0 Å². The van der Waals surface area contributed by atoms with Crippen LogP contribution in [0.2, 0.25) is 0 Å². The zero-order chi connectivity index (χ0) is 19.7. The van der Waals surface area contributed by atoms with Crippen molar-refractivity contribution in [3.05, 3.63) is 12.2 Å². The molecule has 4 atom stereocenters. The first-order valence-corrected chi connectivity index (χ1v) is 9.67. The highest BCUT2D eigenvalue weighted by Gasteiger charge is 2.43. The maximum absolute atomic E-state index is 11.7. The van der Waals surface area contributed by atoms with Gasteiger partial charge < -0.3 is 18.9 Å². The molecular weight excluding hydrogens is 352 g/mol. The highest BCUT2D eigenvalue weighted by atomic mass is 16.7. The molecule has 0 N–H and O–H groups in total. The summed E-state index contributed by atoms with van der Waals surface area (Å²) in [5.41, 5.74) is 0. The molecule has 2 fully saturated rings. The number of ether oxygens (including phenoxy) is 4. The van der Waals surface area contributed by atoms with Gasteiger partial charge in [0.15, 0.2) is 6.29 Å². The number of carbonyl (C=O) groups excluding carboxylic acids is 3. The zero-order valence-corrected chi connectivity index (χ0v) is 16.2. The third-order valence-electron chi connectivity index (χ3n) is 5.03. The summed E-state index contributed by atoms with van der Waals surface area (Å²) in [7, 11) is 1.39. The lowest BCUT2D eigenvalue weighted by molar-refractivity contribution is -0.269. The standard InChI is InChI=1S/C20H30O7/c1-15(22)26-17-11-12-25-20(13-17,14-21)27-18-9-6-8-16(18)7-4-3-5-10-19(23)24-2/h4,7,14,16-18H,3,5-6,8-13H2,1-2H3/b7-4+. The van der Waals surface area contributed by atoms with Gasteiger partial charge >= 0.3 is 11.9 Å². The highest BCUT2D eigenvalue weighted by Crippen LogP contribution is 2.36. The maximum atomic E-state index is 11.7. The Balaban J connectivity index is 1.88. The van der Waals surface area contributed by atoms with Crippen molar-refractivity contribution in [3.63, 3.8) is 0 Å². The van der Waals surface area contributed by atoms with Crippen molar-refractivity contribution in [1.29, 1.82) is 0 Å². The average molecular weight is 382 g/mol. The van der Waals surface area contributed by atoms with Crippen molar-refractivity contribution in [2.75, 3.05) is 13.7 Å². The van der Waals surface area contributed by atoms with E-state index in [-0.39, 0.29) is 36.5 Å². The summed E-state index contributed by atoms with van der Waals surface area (Å²) in [4.78, 5) is 34.1. The van der Waals surface area contributed by atoms with Crippen molar-refractivity contribution in [3.8, 4) is 0 Å². The smallest absolute Gasteiger partial charge is 0.305 e. The first-order valence-electron chi connectivity index (χ1n) is 9.67. The summed E-state index contributed by atoms with van der Waals surface area (Å²) in [5, 5.41) is 0. The van der Waals surface area contributed by atoms with Crippen LogP contribution >= 0.6 is 0 Å². The van der Waals surface area contributed by atoms with Crippen LogP contribution in [0.1, 0.15) is 58.3 Å². The second-order valence-corrected chi connectivity index (χ2v) is 7.15. The molecule has 0 aromatic carbocycles. The van der Waals surface area contributed by atoms with E-state index in [0.717, 1.165) is 32.1 Å². The van der Waals surface area contributed by atoms with Crippen molar-refractivity contribution < 1.29 is 33.3 Å². The highest BCUT2D eigenvalue weighted by molar-refractivity contribution is 5.69. The lowest BCUT2D eigenvalue weighted by Crippen LogP contribution is -2.49. The third kappa shape index (κ3) is 6.74. The number of hydrogen-bond donors (Lipinski definition) is 0. The molecule has 7 heteroatoms. The van der Waals surface area contributed by atoms with E-state index in [9.17, 15) is 14.4 Å². The summed E-state index contributed by atoms with van der Waals surface area (Å²) in [6, 6.07) is 0. The monoisotopic (exact) mass is 382 g/mol. The van der Waals surface area contributed by atoms with E-state index in [1.54, 1.807) is 0 Å². The number of aldehydes is 1. The Morgan fingerprint density at radius 3 is 2.78 bits per heavy atom. The first-order chi connectivity index (χ1) is 13.0. The Labute approximate surface area is 160 Å². The molecule has 2 rings (SSSR count). The van der Waals surface area contributed by atoms with Crippen LogP contribution in [0.3, 0.4) is 0 Å². The van der Waals surface area contributed by atoms with Gasteiger partial charge in [-0.05, 0) is 25.7 Å². The molecule has 0 spiro atoms. The van der Waals surface area contributed by atoms with Gasteiger partial charge in [-0.1, -0.05) is 18.6 Å². The molecule has 1 heterocycles. The van der Waals surface area contributed by atoms with E-state index in [4.69, 9.17) is 14.2 Å². The molecule has 152 valence electrons. The van der Waals surface area contributed by atoms with Crippen molar-refractivity contribution in [2.24, 2.45) is 5.92 Å². The molecule has 0 bridgehead atoms. The second-order valence-electron chi connectivity index (χ2n) is 7.15. The van der Waals surface area contributed by atoms with Crippen molar-refractivity contribution in [2.45, 2.75) is 76.3 Å².